The average molecular weight is 325 g/mol. The van der Waals surface area contributed by atoms with E-state index in [0.717, 1.165) is 11.4 Å². The number of hydrogen-bond acceptors (Lipinski definition) is 5. The van der Waals surface area contributed by atoms with E-state index in [1.165, 1.54) is 28.0 Å². The van der Waals surface area contributed by atoms with Gasteiger partial charge in [-0.15, -0.1) is 23.1 Å². The monoisotopic (exact) mass is 325 g/mol. The maximum absolute atomic E-state index is 12.5. The molecule has 3 rings (SSSR count). The van der Waals surface area contributed by atoms with Crippen molar-refractivity contribution in [3.05, 3.63) is 23.5 Å². The molecule has 2 atom stereocenters. The fourth-order valence-electron chi connectivity index (χ4n) is 2.51. The van der Waals surface area contributed by atoms with Crippen LogP contribution in [0.1, 0.15) is 19.0 Å². The Bertz CT molecular complexity index is 653. The van der Waals surface area contributed by atoms with Crippen LogP contribution in [0, 0.1) is 0 Å². The number of hydrogen-bond donors (Lipinski definition) is 1. The van der Waals surface area contributed by atoms with Gasteiger partial charge in [0, 0.05) is 23.5 Å². The maximum Gasteiger partial charge on any atom is 0.327 e. The number of carbonyl (C=O) groups excluding carboxylic acids is 1. The molecule has 6 nitrogen and oxygen atoms in total. The first-order chi connectivity index (χ1) is 10.1. The number of carboxylic acid groups (broad SMARTS) is 1. The molecular weight excluding hydrogens is 310 g/mol. The van der Waals surface area contributed by atoms with Crippen molar-refractivity contribution < 1.29 is 14.7 Å². The fourth-order valence-corrected chi connectivity index (χ4v) is 4.60. The molecule has 1 saturated heterocycles. The van der Waals surface area contributed by atoms with Gasteiger partial charge >= 0.3 is 5.97 Å². The highest BCUT2D eigenvalue weighted by atomic mass is 32.2. The zero-order valence-electron chi connectivity index (χ0n) is 11.4. The maximum atomic E-state index is 12.5. The molecule has 1 amide bonds. The van der Waals surface area contributed by atoms with Crippen LogP contribution in [0.4, 0.5) is 0 Å². The minimum atomic E-state index is -0.933. The van der Waals surface area contributed by atoms with Crippen LogP contribution in [-0.4, -0.2) is 48.4 Å². The number of fused-ring (bicyclic) bond motifs is 1. The van der Waals surface area contributed by atoms with E-state index in [1.807, 2.05) is 29.1 Å². The standard InChI is InChI=1S/C13H15N3O3S2/c1-2-11-16(9(7-21-11)12(18)19)10(17)5-8-6-15-3-4-20-13(15)14-8/h3-4,6,9,11H,2,5,7H2,1H3,(H,18,19). The highest BCUT2D eigenvalue weighted by Crippen LogP contribution is 2.31. The molecule has 112 valence electrons. The summed E-state index contributed by atoms with van der Waals surface area (Å²) >= 11 is 3.04. The number of thiazole rings is 1. The van der Waals surface area contributed by atoms with Crippen molar-refractivity contribution in [2.45, 2.75) is 31.2 Å². The smallest absolute Gasteiger partial charge is 0.327 e. The Morgan fingerprint density at radius 1 is 1.52 bits per heavy atom. The lowest BCUT2D eigenvalue weighted by Crippen LogP contribution is -2.46. The van der Waals surface area contributed by atoms with Gasteiger partial charge in [0.05, 0.1) is 17.5 Å². The lowest BCUT2D eigenvalue weighted by atomic mass is 10.2. The van der Waals surface area contributed by atoms with Crippen molar-refractivity contribution in [1.82, 2.24) is 14.3 Å². The lowest BCUT2D eigenvalue weighted by Gasteiger charge is -2.26. The average Bonchev–Trinajstić information content (AvgIpc) is 3.10. The summed E-state index contributed by atoms with van der Waals surface area (Å²) in [6, 6.07) is -0.726. The molecule has 2 unspecified atom stereocenters. The van der Waals surface area contributed by atoms with Crippen molar-refractivity contribution in [3.63, 3.8) is 0 Å². The summed E-state index contributed by atoms with van der Waals surface area (Å²) in [5.41, 5.74) is 0.683. The second kappa shape index (κ2) is 5.69. The van der Waals surface area contributed by atoms with Gasteiger partial charge in [-0.1, -0.05) is 6.92 Å². The molecule has 2 aromatic heterocycles. The van der Waals surface area contributed by atoms with E-state index in [9.17, 15) is 14.7 Å². The molecule has 0 saturated carbocycles. The van der Waals surface area contributed by atoms with E-state index in [-0.39, 0.29) is 17.7 Å². The quantitative estimate of drug-likeness (QED) is 0.926. The largest absolute Gasteiger partial charge is 0.480 e. The molecule has 0 aromatic carbocycles. The van der Waals surface area contributed by atoms with E-state index in [2.05, 4.69) is 4.98 Å². The summed E-state index contributed by atoms with van der Waals surface area (Å²) in [4.78, 5) is 30.5. The molecule has 3 heterocycles. The first-order valence-corrected chi connectivity index (χ1v) is 8.59. The highest BCUT2D eigenvalue weighted by Gasteiger charge is 2.40. The van der Waals surface area contributed by atoms with Gasteiger partial charge in [-0.05, 0) is 6.42 Å². The minimum Gasteiger partial charge on any atom is -0.480 e. The Balaban J connectivity index is 1.79. The van der Waals surface area contributed by atoms with Crippen molar-refractivity contribution in [1.29, 1.82) is 0 Å². The van der Waals surface area contributed by atoms with E-state index in [4.69, 9.17) is 0 Å². The van der Waals surface area contributed by atoms with Crippen LogP contribution in [0.5, 0.6) is 0 Å². The van der Waals surface area contributed by atoms with Crippen molar-refractivity contribution in [3.8, 4) is 0 Å². The van der Waals surface area contributed by atoms with Crippen LogP contribution in [0.15, 0.2) is 17.8 Å². The van der Waals surface area contributed by atoms with Gasteiger partial charge < -0.3 is 10.0 Å². The van der Waals surface area contributed by atoms with Gasteiger partial charge in [0.2, 0.25) is 5.91 Å². The minimum absolute atomic E-state index is 0.0534. The number of rotatable bonds is 4. The number of thioether (sulfide) groups is 1. The third-order valence-electron chi connectivity index (χ3n) is 3.49. The summed E-state index contributed by atoms with van der Waals surface area (Å²) in [6.07, 6.45) is 4.61. The number of imidazole rings is 1. The summed E-state index contributed by atoms with van der Waals surface area (Å²) in [5, 5.41) is 11.1. The molecule has 8 heteroatoms. The second-order valence-electron chi connectivity index (χ2n) is 4.85. The summed E-state index contributed by atoms with van der Waals surface area (Å²) in [6.45, 7) is 1.97. The topological polar surface area (TPSA) is 74.9 Å². The summed E-state index contributed by atoms with van der Waals surface area (Å²) < 4.78 is 1.87. The lowest BCUT2D eigenvalue weighted by molar-refractivity contribution is -0.148. The van der Waals surface area contributed by atoms with Crippen molar-refractivity contribution in [2.24, 2.45) is 0 Å². The normalized spacial score (nSPS) is 22.0. The van der Waals surface area contributed by atoms with E-state index in [0.29, 0.717) is 11.4 Å². The molecule has 0 bridgehead atoms. The van der Waals surface area contributed by atoms with Crippen LogP contribution in [0.2, 0.25) is 0 Å². The zero-order chi connectivity index (χ0) is 15.0. The van der Waals surface area contributed by atoms with E-state index >= 15 is 0 Å². The first-order valence-electron chi connectivity index (χ1n) is 6.66. The zero-order valence-corrected chi connectivity index (χ0v) is 13.1. The molecule has 1 aliphatic rings. The number of aromatic nitrogens is 2. The van der Waals surface area contributed by atoms with Gasteiger partial charge in [-0.3, -0.25) is 9.20 Å². The predicted octanol–water partition coefficient (Wildman–Crippen LogP) is 1.70. The molecule has 0 spiro atoms. The molecule has 1 aliphatic heterocycles. The molecular formula is C13H15N3O3S2. The molecule has 21 heavy (non-hydrogen) atoms. The van der Waals surface area contributed by atoms with Crippen LogP contribution in [0.25, 0.3) is 4.96 Å². The van der Waals surface area contributed by atoms with Gasteiger partial charge in [-0.2, -0.15) is 0 Å². The number of carbonyl (C=O) groups is 2. The summed E-state index contributed by atoms with van der Waals surface area (Å²) in [5.74, 6) is -0.639. The third-order valence-corrected chi connectivity index (χ3v) is 5.71. The van der Waals surface area contributed by atoms with E-state index < -0.39 is 12.0 Å². The Morgan fingerprint density at radius 2 is 2.33 bits per heavy atom. The second-order valence-corrected chi connectivity index (χ2v) is 6.94. The molecule has 1 fully saturated rings. The number of nitrogens with zero attached hydrogens (tertiary/aromatic N) is 3. The summed E-state index contributed by atoms with van der Waals surface area (Å²) in [7, 11) is 0. The highest BCUT2D eigenvalue weighted by molar-refractivity contribution is 8.00. The Kier molecular flexibility index (Phi) is 3.90. The number of amides is 1. The van der Waals surface area contributed by atoms with Gasteiger partial charge in [0.1, 0.15) is 6.04 Å². The first kappa shape index (κ1) is 14.4. The van der Waals surface area contributed by atoms with Crippen LogP contribution >= 0.6 is 23.1 Å². The Labute approximate surface area is 129 Å². The van der Waals surface area contributed by atoms with Crippen LogP contribution in [-0.2, 0) is 16.0 Å². The van der Waals surface area contributed by atoms with Crippen LogP contribution in [0.3, 0.4) is 0 Å². The Morgan fingerprint density at radius 3 is 3.00 bits per heavy atom. The van der Waals surface area contributed by atoms with Gasteiger partial charge in [0.15, 0.2) is 4.96 Å². The third kappa shape index (κ3) is 2.65. The Hall–Kier alpha value is -1.54. The van der Waals surface area contributed by atoms with E-state index in [1.54, 1.807) is 0 Å². The fraction of sp³-hybridized carbons (Fsp3) is 0.462. The predicted molar refractivity (Wildman–Crippen MR) is 81.6 cm³/mol. The molecule has 1 N–H and O–H groups in total. The SMILES string of the molecule is CCC1SCC(C(=O)O)N1C(=O)Cc1cn2ccsc2n1. The van der Waals surface area contributed by atoms with Gasteiger partial charge in [0.25, 0.3) is 0 Å². The van der Waals surface area contributed by atoms with Crippen molar-refractivity contribution >= 4 is 39.9 Å². The molecule has 0 aliphatic carbocycles. The molecule has 0 radical (unpaired) electrons. The van der Waals surface area contributed by atoms with Gasteiger partial charge in [-0.25, -0.2) is 9.78 Å². The van der Waals surface area contributed by atoms with Crippen molar-refractivity contribution in [2.75, 3.05) is 5.75 Å². The molecule has 2 aromatic rings. The van der Waals surface area contributed by atoms with Crippen LogP contribution < -0.4 is 0 Å². The number of aliphatic carboxylic acids is 1. The number of carboxylic acids is 1.